The molecule has 1 aliphatic heterocycles. The second kappa shape index (κ2) is 16.6. The highest BCUT2D eigenvalue weighted by Gasteiger charge is 2.26. The van der Waals surface area contributed by atoms with Crippen molar-refractivity contribution >= 4 is 52.4 Å². The maximum atomic E-state index is 12.1. The van der Waals surface area contributed by atoms with Crippen molar-refractivity contribution in [1.82, 2.24) is 15.3 Å². The van der Waals surface area contributed by atoms with E-state index in [1.807, 2.05) is 29.6 Å². The number of pyridine rings is 1. The molecule has 2 aromatic carbocycles. The number of nitrogens with two attached hydrogens (primary N) is 2. The third-order valence-electron chi connectivity index (χ3n) is 7.53. The summed E-state index contributed by atoms with van der Waals surface area (Å²) in [6, 6.07) is 18.3. The third-order valence-corrected chi connectivity index (χ3v) is 9.73. The van der Waals surface area contributed by atoms with Gasteiger partial charge in [-0.25, -0.2) is 14.8 Å². The number of nitrogens with one attached hydrogen (secondary N) is 1. The number of ether oxygens (including phenoxy) is 2. The van der Waals surface area contributed by atoms with Crippen LogP contribution in [0.3, 0.4) is 0 Å². The molecule has 252 valence electrons. The number of amides is 1. The van der Waals surface area contributed by atoms with E-state index in [1.54, 1.807) is 24.3 Å². The summed E-state index contributed by atoms with van der Waals surface area (Å²) in [5, 5.41) is 27.2. The van der Waals surface area contributed by atoms with Gasteiger partial charge in [-0.2, -0.15) is 10.5 Å². The lowest BCUT2D eigenvalue weighted by Crippen LogP contribution is -2.51. The molecule has 5 rings (SSSR count). The molecular formula is C34H33ClN8O4S2. The monoisotopic (exact) mass is 716 g/mol. The van der Waals surface area contributed by atoms with Crippen LogP contribution in [-0.2, 0) is 20.1 Å². The van der Waals surface area contributed by atoms with Crippen LogP contribution in [0, 0.1) is 22.7 Å². The van der Waals surface area contributed by atoms with Crippen LogP contribution in [0.5, 0.6) is 5.75 Å². The molecule has 15 heteroatoms. The molecule has 1 amide bonds. The fraction of sp³-hybridized carbons (Fsp3) is 0.294. The predicted molar refractivity (Wildman–Crippen MR) is 189 cm³/mol. The zero-order chi connectivity index (χ0) is 34.9. The molecule has 0 radical (unpaired) electrons. The quantitative estimate of drug-likeness (QED) is 0.0740. The molecule has 1 atom stereocenters. The van der Waals surface area contributed by atoms with E-state index in [1.165, 1.54) is 30.0 Å². The second-order valence-electron chi connectivity index (χ2n) is 11.0. The van der Waals surface area contributed by atoms with E-state index in [2.05, 4.69) is 22.4 Å². The van der Waals surface area contributed by atoms with Gasteiger partial charge in [0.25, 0.3) is 5.91 Å². The number of hydrogen-bond acceptors (Lipinski definition) is 13. The zero-order valence-electron chi connectivity index (χ0n) is 26.5. The molecular weight excluding hydrogens is 684 g/mol. The lowest BCUT2D eigenvalue weighted by Gasteiger charge is -2.22. The molecule has 12 nitrogen and oxygen atoms in total. The van der Waals surface area contributed by atoms with Crippen LogP contribution in [0.1, 0.15) is 36.6 Å². The number of nitrogens with zero attached hydrogens (tertiary/aromatic N) is 5. The highest BCUT2D eigenvalue weighted by molar-refractivity contribution is 7.98. The number of benzene rings is 2. The summed E-state index contributed by atoms with van der Waals surface area (Å²) < 4.78 is 10.9. The Morgan fingerprint density at radius 1 is 1.02 bits per heavy atom. The number of thioether (sulfide) groups is 1. The number of hydrogen-bond donors (Lipinski definition) is 3. The number of halogens is 1. The number of aromatic nitrogens is 2. The van der Waals surface area contributed by atoms with Gasteiger partial charge in [-0.15, -0.1) is 11.3 Å². The van der Waals surface area contributed by atoms with Crippen molar-refractivity contribution < 1.29 is 19.1 Å². The van der Waals surface area contributed by atoms with E-state index in [4.69, 9.17) is 42.5 Å². The summed E-state index contributed by atoms with van der Waals surface area (Å²) in [6.07, 6.45) is 0.749. The molecule has 0 spiro atoms. The maximum Gasteiger partial charge on any atom is 0.328 e. The van der Waals surface area contributed by atoms with Crippen molar-refractivity contribution in [2.45, 2.75) is 42.8 Å². The molecule has 1 fully saturated rings. The molecule has 3 heterocycles. The molecule has 1 saturated heterocycles. The van der Waals surface area contributed by atoms with Gasteiger partial charge >= 0.3 is 5.97 Å². The van der Waals surface area contributed by atoms with Gasteiger partial charge < -0.3 is 31.2 Å². The predicted octanol–water partition coefficient (Wildman–Crippen LogP) is 4.83. The highest BCUT2D eigenvalue weighted by atomic mass is 35.5. The number of anilines is 1. The van der Waals surface area contributed by atoms with Crippen molar-refractivity contribution in [3.05, 3.63) is 75.8 Å². The molecule has 4 aromatic rings. The summed E-state index contributed by atoms with van der Waals surface area (Å²) in [6.45, 7) is 3.01. The number of nitriles is 2. The average molecular weight is 717 g/mol. The number of thiazole rings is 1. The van der Waals surface area contributed by atoms with Crippen LogP contribution in [0.2, 0.25) is 5.02 Å². The minimum Gasteiger partial charge on any atom is -0.490 e. The smallest absolute Gasteiger partial charge is 0.328 e. The van der Waals surface area contributed by atoms with Gasteiger partial charge in [-0.05, 0) is 49.6 Å². The summed E-state index contributed by atoms with van der Waals surface area (Å²) >= 11 is 8.99. The van der Waals surface area contributed by atoms with Crippen LogP contribution in [0.4, 0.5) is 5.82 Å². The largest absolute Gasteiger partial charge is 0.490 e. The van der Waals surface area contributed by atoms with Crippen molar-refractivity contribution in [2.75, 3.05) is 31.2 Å². The van der Waals surface area contributed by atoms with Crippen LogP contribution < -0.4 is 26.4 Å². The van der Waals surface area contributed by atoms with E-state index in [9.17, 15) is 20.1 Å². The Balaban J connectivity index is 1.33. The van der Waals surface area contributed by atoms with Crippen molar-refractivity contribution in [2.24, 2.45) is 11.5 Å². The van der Waals surface area contributed by atoms with E-state index >= 15 is 0 Å². The van der Waals surface area contributed by atoms with Gasteiger partial charge in [0.15, 0.2) is 0 Å². The Bertz CT molecular complexity index is 1880. The lowest BCUT2D eigenvalue weighted by atomic mass is 9.96. The topological polar surface area (TPSA) is 193 Å². The summed E-state index contributed by atoms with van der Waals surface area (Å²) in [5.41, 5.74) is 14.3. The molecule has 0 aliphatic carbocycles. The minimum atomic E-state index is -1.24. The fourth-order valence-corrected chi connectivity index (χ4v) is 7.00. The molecule has 0 bridgehead atoms. The summed E-state index contributed by atoms with van der Waals surface area (Å²) in [5.74, 6) is 0.224. The van der Waals surface area contributed by atoms with Crippen molar-refractivity contribution in [3.63, 3.8) is 0 Å². The van der Waals surface area contributed by atoms with E-state index in [0.717, 1.165) is 42.2 Å². The normalized spacial score (nSPS) is 13.1. The van der Waals surface area contributed by atoms with Gasteiger partial charge in [0, 0.05) is 40.4 Å². The Morgan fingerprint density at radius 3 is 2.35 bits per heavy atom. The van der Waals surface area contributed by atoms with E-state index in [-0.39, 0.29) is 13.2 Å². The summed E-state index contributed by atoms with van der Waals surface area (Å²) in [4.78, 5) is 35.5. The first-order chi connectivity index (χ1) is 23.7. The first kappa shape index (κ1) is 35.6. The maximum absolute atomic E-state index is 12.1. The Hall–Kier alpha value is -4.70. The number of rotatable bonds is 13. The van der Waals surface area contributed by atoms with Gasteiger partial charge in [0.1, 0.15) is 64.7 Å². The minimum absolute atomic E-state index is 0.0561. The molecule has 2 aromatic heterocycles. The molecule has 0 unspecified atom stereocenters. The SMILES string of the molecule is C[C@H](NC(=O)C(N)N)C(=O)OCCOc1ccc(-c2c(C#N)c(SCc3csc(-c4ccc(Cl)cc4)n3)nc(N3CCCC3)c2C#N)cc1. The van der Waals surface area contributed by atoms with Gasteiger partial charge in [-0.1, -0.05) is 47.6 Å². The standard InChI is InChI=1S/C34H33ClN8O4S2/c1-20(40-31(44)29(38)39)34(45)47-15-14-46-25-10-6-21(7-11-25)28-26(16-36)30(43-12-2-3-13-43)42-33(27(28)17-37)49-19-24-18-48-32(41-24)22-4-8-23(35)9-5-22/h4-11,18,20,29H,2-3,12-15,19,38-39H2,1H3,(H,40,44)/t20-/m0/s1. The Morgan fingerprint density at radius 2 is 1.69 bits per heavy atom. The van der Waals surface area contributed by atoms with Crippen LogP contribution in [-0.4, -0.2) is 60.4 Å². The van der Waals surface area contributed by atoms with Crippen LogP contribution in [0.25, 0.3) is 21.7 Å². The van der Waals surface area contributed by atoms with Gasteiger partial charge in [-0.3, -0.25) is 4.79 Å². The lowest BCUT2D eigenvalue weighted by molar-refractivity contribution is -0.148. The molecule has 5 N–H and O–H groups in total. The number of carbonyl (C=O) groups is 2. The fourth-order valence-electron chi connectivity index (χ4n) is 5.07. The van der Waals surface area contributed by atoms with Gasteiger partial charge in [0.2, 0.25) is 0 Å². The van der Waals surface area contributed by atoms with E-state index < -0.39 is 24.1 Å². The van der Waals surface area contributed by atoms with Crippen LogP contribution in [0.15, 0.2) is 58.9 Å². The highest BCUT2D eigenvalue weighted by Crippen LogP contribution is 2.40. The van der Waals surface area contributed by atoms with Crippen molar-refractivity contribution in [1.29, 1.82) is 10.5 Å². The average Bonchev–Trinajstić information content (AvgIpc) is 3.82. The van der Waals surface area contributed by atoms with E-state index in [0.29, 0.717) is 49.6 Å². The first-order valence-electron chi connectivity index (χ1n) is 15.4. The number of carbonyl (C=O) groups excluding carboxylic acids is 2. The zero-order valence-corrected chi connectivity index (χ0v) is 28.9. The first-order valence-corrected chi connectivity index (χ1v) is 17.6. The summed E-state index contributed by atoms with van der Waals surface area (Å²) in [7, 11) is 0. The second-order valence-corrected chi connectivity index (χ2v) is 13.3. The van der Waals surface area contributed by atoms with Gasteiger partial charge in [0.05, 0.1) is 11.3 Å². The Kier molecular flexibility index (Phi) is 12.1. The Labute approximate surface area is 297 Å². The molecule has 1 aliphatic rings. The molecule has 49 heavy (non-hydrogen) atoms. The third kappa shape index (κ3) is 8.86. The van der Waals surface area contributed by atoms with Crippen molar-refractivity contribution in [3.8, 4) is 39.6 Å². The van der Waals surface area contributed by atoms with Crippen LogP contribution >= 0.6 is 34.7 Å². The molecule has 0 saturated carbocycles. The number of esters is 1.